The molecule has 0 radical (unpaired) electrons. The molecule has 11 aromatic carbocycles. The van der Waals surface area contributed by atoms with Gasteiger partial charge in [-0.2, -0.15) is 0 Å². The maximum absolute atomic E-state index is 6.43. The van der Waals surface area contributed by atoms with Gasteiger partial charge in [-0.1, -0.05) is 214 Å². The molecule has 0 amide bonds. The van der Waals surface area contributed by atoms with Crippen LogP contribution >= 0.6 is 0 Å². The number of hydrogen-bond acceptors (Lipinski definition) is 1. The van der Waals surface area contributed by atoms with Crippen LogP contribution in [0.25, 0.3) is 121 Å². The fourth-order valence-corrected chi connectivity index (χ4v) is 11.2. The van der Waals surface area contributed by atoms with Crippen LogP contribution in [0.4, 0.5) is 0 Å². The third-order valence-electron chi connectivity index (χ3n) is 13.8. The number of fused-ring (bicyclic) bond motifs is 13. The van der Waals surface area contributed by atoms with Gasteiger partial charge in [0, 0.05) is 21.8 Å². The Hall–Kier alpha value is -7.74. The molecule has 290 valence electrons. The zero-order chi connectivity index (χ0) is 41.1. The van der Waals surface area contributed by atoms with Crippen LogP contribution in [0.2, 0.25) is 0 Å². The van der Waals surface area contributed by atoms with Crippen LogP contribution < -0.4 is 0 Å². The molecule has 0 saturated heterocycles. The van der Waals surface area contributed by atoms with Crippen LogP contribution in [0, 0.1) is 0 Å². The van der Waals surface area contributed by atoms with Crippen LogP contribution in [0.3, 0.4) is 0 Å². The predicted molar refractivity (Wildman–Crippen MR) is 263 cm³/mol. The predicted octanol–water partition coefficient (Wildman–Crippen LogP) is 17.2. The van der Waals surface area contributed by atoms with E-state index < -0.39 is 0 Å². The average molecular weight is 789 g/mol. The Bertz CT molecular complexity index is 3750. The zero-order valence-electron chi connectivity index (χ0n) is 34.5. The number of para-hydroxylation sites is 2. The smallest absolute Gasteiger partial charge is 0.143 e. The van der Waals surface area contributed by atoms with Crippen LogP contribution in [0.15, 0.2) is 211 Å². The van der Waals surface area contributed by atoms with Gasteiger partial charge in [-0.15, -0.1) is 0 Å². The third kappa shape index (κ3) is 4.91. The van der Waals surface area contributed by atoms with Crippen molar-refractivity contribution in [3.8, 4) is 55.6 Å². The molecule has 1 heterocycles. The van der Waals surface area contributed by atoms with Crippen LogP contribution in [-0.4, -0.2) is 0 Å². The molecule has 12 aromatic rings. The third-order valence-corrected chi connectivity index (χ3v) is 13.8. The van der Waals surface area contributed by atoms with E-state index in [1.165, 1.54) is 98.7 Å². The van der Waals surface area contributed by atoms with Crippen molar-refractivity contribution in [2.45, 2.75) is 19.3 Å². The quantitative estimate of drug-likeness (QED) is 0.128. The highest BCUT2D eigenvalue weighted by Crippen LogP contribution is 2.57. The van der Waals surface area contributed by atoms with Crippen molar-refractivity contribution in [3.05, 3.63) is 217 Å². The van der Waals surface area contributed by atoms with Crippen molar-refractivity contribution in [2.24, 2.45) is 0 Å². The molecule has 0 spiro atoms. The maximum Gasteiger partial charge on any atom is 0.143 e. The molecule has 0 fully saturated rings. The molecule has 1 heteroatoms. The Balaban J connectivity index is 0.933. The number of furan rings is 1. The average Bonchev–Trinajstić information content (AvgIpc) is 3.83. The van der Waals surface area contributed by atoms with E-state index in [1.807, 2.05) is 12.1 Å². The molecule has 13 rings (SSSR count). The van der Waals surface area contributed by atoms with Crippen molar-refractivity contribution in [3.63, 3.8) is 0 Å². The first-order chi connectivity index (χ1) is 30.5. The minimum Gasteiger partial charge on any atom is -0.455 e. The molecule has 0 unspecified atom stereocenters. The topological polar surface area (TPSA) is 13.1 Å². The molecule has 1 nitrogen and oxygen atoms in total. The van der Waals surface area contributed by atoms with Crippen molar-refractivity contribution in [1.82, 2.24) is 0 Å². The molecule has 1 aliphatic carbocycles. The summed E-state index contributed by atoms with van der Waals surface area (Å²) in [6.07, 6.45) is 0. The second-order valence-electron chi connectivity index (χ2n) is 17.5. The van der Waals surface area contributed by atoms with Gasteiger partial charge in [0.15, 0.2) is 0 Å². The van der Waals surface area contributed by atoms with E-state index in [0.717, 1.165) is 33.1 Å². The Morgan fingerprint density at radius 3 is 1.24 bits per heavy atom. The van der Waals surface area contributed by atoms with Gasteiger partial charge in [0.2, 0.25) is 0 Å². The fraction of sp³-hybridized carbons (Fsp3) is 0.0492. The van der Waals surface area contributed by atoms with Crippen LogP contribution in [0.1, 0.15) is 25.0 Å². The minimum atomic E-state index is -0.190. The highest BCUT2D eigenvalue weighted by atomic mass is 16.3. The van der Waals surface area contributed by atoms with Gasteiger partial charge < -0.3 is 4.42 Å². The van der Waals surface area contributed by atoms with E-state index in [1.54, 1.807) is 0 Å². The lowest BCUT2D eigenvalue weighted by molar-refractivity contribution is 0.668. The minimum absolute atomic E-state index is 0.190. The summed E-state index contributed by atoms with van der Waals surface area (Å²) in [6.45, 7) is 4.84. The normalized spacial score (nSPS) is 13.1. The van der Waals surface area contributed by atoms with E-state index in [4.69, 9.17) is 4.42 Å². The van der Waals surface area contributed by atoms with Gasteiger partial charge in [-0.05, 0) is 110 Å². The lowest BCUT2D eigenvalue weighted by Crippen LogP contribution is -2.17. The molecule has 62 heavy (non-hydrogen) atoms. The Labute approximate surface area is 360 Å². The Morgan fingerprint density at radius 2 is 0.661 bits per heavy atom. The van der Waals surface area contributed by atoms with E-state index in [9.17, 15) is 0 Å². The highest BCUT2D eigenvalue weighted by Gasteiger charge is 2.40. The molecule has 0 aliphatic heterocycles. The largest absolute Gasteiger partial charge is 0.455 e. The summed E-state index contributed by atoms with van der Waals surface area (Å²) in [5, 5.41) is 12.6. The van der Waals surface area contributed by atoms with Gasteiger partial charge in [-0.3, -0.25) is 0 Å². The second-order valence-corrected chi connectivity index (χ2v) is 17.5. The summed E-state index contributed by atoms with van der Waals surface area (Å²) in [5.74, 6) is 0. The van der Waals surface area contributed by atoms with Crippen LogP contribution in [0.5, 0.6) is 0 Å². The Kier molecular flexibility index (Phi) is 7.42. The summed E-state index contributed by atoms with van der Waals surface area (Å²) in [6, 6.07) is 75.9. The first kappa shape index (κ1) is 35.1. The number of hydrogen-bond donors (Lipinski definition) is 0. The molecule has 0 N–H and O–H groups in total. The zero-order valence-corrected chi connectivity index (χ0v) is 34.5. The standard InChI is InChI=1S/C61H40O/c1-61(2)58-41(24-13-27-53(58)57-46-18-5-3-15-43(46)44-16-4-10-23-51(44)59(57)61)37-29-33-39(34-30-37)55-47-19-6-8-21-49(47)56(50-22-9-7-20-48(50)55)40-35-31-38(32-36-40)42-25-14-26-52-45-17-11-12-28-54(45)62-60(42)52/h3-36H,1-2H3. The summed E-state index contributed by atoms with van der Waals surface area (Å²) < 4.78 is 6.43. The molecule has 1 aliphatic rings. The van der Waals surface area contributed by atoms with Gasteiger partial charge in [0.1, 0.15) is 11.2 Å². The first-order valence-electron chi connectivity index (χ1n) is 21.7. The first-order valence-corrected chi connectivity index (χ1v) is 21.7. The molecule has 1 aromatic heterocycles. The van der Waals surface area contributed by atoms with E-state index in [-0.39, 0.29) is 5.41 Å². The van der Waals surface area contributed by atoms with E-state index >= 15 is 0 Å². The summed E-state index contributed by atoms with van der Waals surface area (Å²) >= 11 is 0. The lowest BCUT2D eigenvalue weighted by atomic mass is 9.76. The van der Waals surface area contributed by atoms with Gasteiger partial charge in [0.05, 0.1) is 0 Å². The molecular weight excluding hydrogens is 749 g/mol. The molecule has 0 bridgehead atoms. The van der Waals surface area contributed by atoms with E-state index in [2.05, 4.69) is 208 Å². The van der Waals surface area contributed by atoms with Gasteiger partial charge in [0.25, 0.3) is 0 Å². The van der Waals surface area contributed by atoms with Crippen molar-refractivity contribution < 1.29 is 4.42 Å². The molecule has 0 saturated carbocycles. The highest BCUT2D eigenvalue weighted by molar-refractivity contribution is 6.22. The molecular formula is C61H40O. The van der Waals surface area contributed by atoms with Crippen molar-refractivity contribution in [1.29, 1.82) is 0 Å². The van der Waals surface area contributed by atoms with Gasteiger partial charge >= 0.3 is 0 Å². The SMILES string of the molecule is CC1(C)c2c(-c3ccc(-c4c5ccccc5c(-c5ccc(-c6cccc7c6oc6ccccc67)cc5)c5ccccc45)cc3)cccc2-c2c1c1ccccc1c1ccccc21. The number of rotatable bonds is 4. The van der Waals surface area contributed by atoms with Crippen LogP contribution in [-0.2, 0) is 5.41 Å². The van der Waals surface area contributed by atoms with E-state index in [0.29, 0.717) is 0 Å². The number of benzene rings is 11. The second kappa shape index (κ2) is 13.1. The summed E-state index contributed by atoms with van der Waals surface area (Å²) in [4.78, 5) is 0. The van der Waals surface area contributed by atoms with Crippen molar-refractivity contribution >= 4 is 65.0 Å². The maximum atomic E-state index is 6.43. The lowest BCUT2D eigenvalue weighted by Gasteiger charge is -2.26. The fourth-order valence-electron chi connectivity index (χ4n) is 11.2. The molecule has 0 atom stereocenters. The Morgan fingerprint density at radius 1 is 0.274 bits per heavy atom. The monoisotopic (exact) mass is 788 g/mol. The van der Waals surface area contributed by atoms with Gasteiger partial charge in [-0.25, -0.2) is 0 Å². The van der Waals surface area contributed by atoms with Crippen molar-refractivity contribution in [2.75, 3.05) is 0 Å². The summed E-state index contributed by atoms with van der Waals surface area (Å²) in [7, 11) is 0. The summed E-state index contributed by atoms with van der Waals surface area (Å²) in [5.41, 5.74) is 17.0.